The van der Waals surface area contributed by atoms with Gasteiger partial charge in [-0.1, -0.05) is 41.9 Å². The maximum Gasteiger partial charge on any atom is 0.417 e. The molecule has 1 heterocycles. The molecule has 3 aromatic rings. The molecular weight excluding hydrogens is 405 g/mol. The Hall–Kier alpha value is -2.84. The first-order valence-corrected chi connectivity index (χ1v) is 9.09. The van der Waals surface area contributed by atoms with E-state index in [4.69, 9.17) is 11.6 Å². The number of alkyl halides is 3. The first kappa shape index (κ1) is 20.9. The summed E-state index contributed by atoms with van der Waals surface area (Å²) >= 11 is 5.68. The van der Waals surface area contributed by atoms with E-state index in [1.54, 1.807) is 13.0 Å². The second-order valence-corrected chi connectivity index (χ2v) is 6.78. The average molecular weight is 423 g/mol. The monoisotopic (exact) mass is 422 g/mol. The fourth-order valence-electron chi connectivity index (χ4n) is 2.57. The van der Waals surface area contributed by atoms with Gasteiger partial charge in [0.25, 0.3) is 0 Å². The van der Waals surface area contributed by atoms with Crippen LogP contribution in [0, 0.1) is 0 Å². The van der Waals surface area contributed by atoms with Gasteiger partial charge < -0.3 is 15.7 Å². The normalized spacial score (nSPS) is 12.5. The summed E-state index contributed by atoms with van der Waals surface area (Å²) < 4.78 is 39.4. The molecule has 0 aliphatic carbocycles. The Morgan fingerprint density at radius 2 is 1.79 bits per heavy atom. The van der Waals surface area contributed by atoms with Crippen LogP contribution < -0.4 is 10.6 Å². The molecule has 0 saturated carbocycles. The fourth-order valence-corrected chi connectivity index (χ4v) is 2.79. The minimum Gasteiger partial charge on any atom is -0.394 e. The summed E-state index contributed by atoms with van der Waals surface area (Å²) in [7, 11) is 0. The lowest BCUT2D eigenvalue weighted by Crippen LogP contribution is -2.21. The van der Waals surface area contributed by atoms with Crippen LogP contribution in [0.25, 0.3) is 11.3 Å². The van der Waals surface area contributed by atoms with Crippen molar-refractivity contribution in [2.24, 2.45) is 0 Å². The number of hydrogen-bond donors (Lipinski definition) is 3. The molecule has 0 aliphatic heterocycles. The van der Waals surface area contributed by atoms with Gasteiger partial charge in [0, 0.05) is 23.4 Å². The number of nitrogens with zero attached hydrogens (tertiary/aromatic N) is 2. The fraction of sp³-hybridized carbons (Fsp3) is 0.200. The lowest BCUT2D eigenvalue weighted by molar-refractivity contribution is -0.137. The summed E-state index contributed by atoms with van der Waals surface area (Å²) in [6, 6.07) is 14.1. The van der Waals surface area contributed by atoms with Crippen molar-refractivity contribution in [3.8, 4) is 11.3 Å². The van der Waals surface area contributed by atoms with E-state index >= 15 is 0 Å². The Labute approximate surface area is 170 Å². The van der Waals surface area contributed by atoms with E-state index in [2.05, 4.69) is 20.6 Å². The van der Waals surface area contributed by atoms with Crippen LogP contribution in [0.3, 0.4) is 0 Å². The van der Waals surface area contributed by atoms with Gasteiger partial charge in [0.2, 0.25) is 5.95 Å². The highest BCUT2D eigenvalue weighted by Crippen LogP contribution is 2.36. The Morgan fingerprint density at radius 3 is 2.45 bits per heavy atom. The molecule has 0 bridgehead atoms. The van der Waals surface area contributed by atoms with Gasteiger partial charge in [0.15, 0.2) is 0 Å². The SMILES string of the molecule is C[C@@H](CO)Nc1nc(Nc2ccc(Cl)c(C(F)(F)F)c2)cc(-c2ccccc2)n1. The zero-order valence-corrected chi connectivity index (χ0v) is 16.1. The highest BCUT2D eigenvalue weighted by Gasteiger charge is 2.33. The third-order valence-corrected chi connectivity index (χ3v) is 4.32. The minimum atomic E-state index is -4.57. The van der Waals surface area contributed by atoms with Crippen molar-refractivity contribution in [2.75, 3.05) is 17.2 Å². The van der Waals surface area contributed by atoms with Crippen LogP contribution >= 0.6 is 11.6 Å². The smallest absolute Gasteiger partial charge is 0.394 e. The van der Waals surface area contributed by atoms with Gasteiger partial charge in [0.05, 0.1) is 22.9 Å². The number of hydrogen-bond acceptors (Lipinski definition) is 5. The Bertz CT molecular complexity index is 983. The number of halogens is 4. The molecule has 0 fully saturated rings. The van der Waals surface area contributed by atoms with Crippen molar-refractivity contribution in [3.05, 3.63) is 65.2 Å². The van der Waals surface area contributed by atoms with E-state index < -0.39 is 11.7 Å². The number of benzene rings is 2. The van der Waals surface area contributed by atoms with Gasteiger partial charge in [-0.05, 0) is 25.1 Å². The Morgan fingerprint density at radius 1 is 1.07 bits per heavy atom. The predicted molar refractivity (Wildman–Crippen MR) is 107 cm³/mol. The summed E-state index contributed by atoms with van der Waals surface area (Å²) in [5.74, 6) is 0.530. The quantitative estimate of drug-likeness (QED) is 0.499. The van der Waals surface area contributed by atoms with Crippen LogP contribution in [0.5, 0.6) is 0 Å². The number of aromatic nitrogens is 2. The first-order valence-electron chi connectivity index (χ1n) is 8.72. The van der Waals surface area contributed by atoms with Gasteiger partial charge in [-0.25, -0.2) is 4.98 Å². The van der Waals surface area contributed by atoms with Crippen LogP contribution in [0.4, 0.5) is 30.6 Å². The number of aliphatic hydroxyl groups excluding tert-OH is 1. The molecule has 3 rings (SSSR count). The number of aliphatic hydroxyl groups is 1. The van der Waals surface area contributed by atoms with Gasteiger partial charge in [-0.15, -0.1) is 0 Å². The molecule has 9 heteroatoms. The van der Waals surface area contributed by atoms with Crippen LogP contribution in [0.1, 0.15) is 12.5 Å². The van der Waals surface area contributed by atoms with E-state index in [0.717, 1.165) is 11.6 Å². The van der Waals surface area contributed by atoms with Gasteiger partial charge in [0.1, 0.15) is 5.82 Å². The highest BCUT2D eigenvalue weighted by molar-refractivity contribution is 6.31. The van der Waals surface area contributed by atoms with E-state index in [1.807, 2.05) is 30.3 Å². The molecule has 0 amide bonds. The molecule has 5 nitrogen and oxygen atoms in total. The van der Waals surface area contributed by atoms with E-state index in [-0.39, 0.29) is 29.3 Å². The molecule has 2 aromatic carbocycles. The third kappa shape index (κ3) is 5.36. The maximum absolute atomic E-state index is 13.1. The molecule has 0 aliphatic rings. The van der Waals surface area contributed by atoms with Crippen LogP contribution in [0.15, 0.2) is 54.6 Å². The second kappa shape index (κ2) is 8.67. The first-order chi connectivity index (χ1) is 13.8. The predicted octanol–water partition coefficient (Wildman–Crippen LogP) is 5.35. The van der Waals surface area contributed by atoms with Crippen molar-refractivity contribution in [1.29, 1.82) is 0 Å². The molecule has 0 unspecified atom stereocenters. The zero-order valence-electron chi connectivity index (χ0n) is 15.3. The third-order valence-electron chi connectivity index (χ3n) is 3.99. The van der Waals surface area contributed by atoms with Crippen molar-refractivity contribution >= 4 is 29.1 Å². The van der Waals surface area contributed by atoms with Crippen molar-refractivity contribution < 1.29 is 18.3 Å². The molecule has 1 atom stereocenters. The maximum atomic E-state index is 13.1. The number of rotatable bonds is 6. The van der Waals surface area contributed by atoms with E-state index in [0.29, 0.717) is 11.5 Å². The summed E-state index contributed by atoms with van der Waals surface area (Å²) in [5.41, 5.74) is 0.625. The van der Waals surface area contributed by atoms with Gasteiger partial charge in [-0.3, -0.25) is 0 Å². The van der Waals surface area contributed by atoms with Crippen molar-refractivity contribution in [3.63, 3.8) is 0 Å². The molecule has 0 radical (unpaired) electrons. The van der Waals surface area contributed by atoms with Gasteiger partial charge in [-0.2, -0.15) is 18.2 Å². The van der Waals surface area contributed by atoms with E-state index in [9.17, 15) is 18.3 Å². The molecule has 0 saturated heterocycles. The molecule has 3 N–H and O–H groups in total. The molecule has 29 heavy (non-hydrogen) atoms. The lowest BCUT2D eigenvalue weighted by Gasteiger charge is -2.15. The van der Waals surface area contributed by atoms with E-state index in [1.165, 1.54) is 12.1 Å². The summed E-state index contributed by atoms with van der Waals surface area (Å²) in [6.45, 7) is 1.62. The summed E-state index contributed by atoms with van der Waals surface area (Å²) in [5, 5.41) is 14.7. The summed E-state index contributed by atoms with van der Waals surface area (Å²) in [4.78, 5) is 8.73. The van der Waals surface area contributed by atoms with Crippen molar-refractivity contribution in [2.45, 2.75) is 19.1 Å². The minimum absolute atomic E-state index is 0.131. The Kier molecular flexibility index (Phi) is 6.24. The highest BCUT2D eigenvalue weighted by atomic mass is 35.5. The molecule has 152 valence electrons. The molecule has 0 spiro atoms. The topological polar surface area (TPSA) is 70.1 Å². The van der Waals surface area contributed by atoms with Crippen LogP contribution in [-0.4, -0.2) is 27.7 Å². The molecular formula is C20H18ClF3N4O. The van der Waals surface area contributed by atoms with Crippen LogP contribution in [0.2, 0.25) is 5.02 Å². The second-order valence-electron chi connectivity index (χ2n) is 6.37. The van der Waals surface area contributed by atoms with Crippen molar-refractivity contribution in [1.82, 2.24) is 9.97 Å². The number of nitrogens with one attached hydrogen (secondary N) is 2. The zero-order chi connectivity index (χ0) is 21.0. The van der Waals surface area contributed by atoms with Crippen LogP contribution in [-0.2, 0) is 6.18 Å². The molecule has 1 aromatic heterocycles. The average Bonchev–Trinajstić information content (AvgIpc) is 2.69. The number of anilines is 3. The van der Waals surface area contributed by atoms with Gasteiger partial charge >= 0.3 is 6.18 Å². The Balaban J connectivity index is 1.99. The largest absolute Gasteiger partial charge is 0.417 e. The standard InChI is InChI=1S/C20H18ClF3N4O/c1-12(11-29)25-19-27-17(13-5-3-2-4-6-13)10-18(28-19)26-14-7-8-16(21)15(9-14)20(22,23)24/h2-10,12,29H,11H2,1H3,(H2,25,26,27,28)/t12-/m0/s1. The summed E-state index contributed by atoms with van der Waals surface area (Å²) in [6.07, 6.45) is -4.57. The lowest BCUT2D eigenvalue weighted by atomic mass is 10.1.